The Labute approximate surface area is 182 Å². The van der Waals surface area contributed by atoms with Crippen LogP contribution in [0.4, 0.5) is 4.39 Å². The third kappa shape index (κ3) is 5.07. The molecular formula is C23H17ClFN3O3. The zero-order valence-corrected chi connectivity index (χ0v) is 17.0. The number of carbonyl (C=O) groups is 1. The maximum atomic E-state index is 13.2. The molecule has 0 fully saturated rings. The van der Waals surface area contributed by atoms with E-state index < -0.39 is 5.82 Å². The van der Waals surface area contributed by atoms with Crippen LogP contribution in [0.5, 0.6) is 5.75 Å². The van der Waals surface area contributed by atoms with Crippen LogP contribution < -0.4 is 10.1 Å². The summed E-state index contributed by atoms with van der Waals surface area (Å²) in [4.78, 5) is 17.0. The summed E-state index contributed by atoms with van der Waals surface area (Å²) in [6, 6.07) is 20.2. The van der Waals surface area contributed by atoms with E-state index in [1.807, 2.05) is 30.3 Å². The molecule has 0 aliphatic carbocycles. The summed E-state index contributed by atoms with van der Waals surface area (Å²) in [5, 5.41) is 6.96. The Morgan fingerprint density at radius 2 is 1.84 bits per heavy atom. The van der Waals surface area contributed by atoms with Gasteiger partial charge in [0, 0.05) is 17.1 Å². The lowest BCUT2D eigenvalue weighted by Gasteiger charge is -2.11. The molecule has 3 aromatic carbocycles. The second-order valence-electron chi connectivity index (χ2n) is 6.58. The quantitative estimate of drug-likeness (QED) is 0.438. The van der Waals surface area contributed by atoms with Gasteiger partial charge >= 0.3 is 0 Å². The van der Waals surface area contributed by atoms with E-state index >= 15 is 0 Å². The van der Waals surface area contributed by atoms with Crippen LogP contribution in [-0.4, -0.2) is 16.0 Å². The normalized spacial score (nSPS) is 10.6. The van der Waals surface area contributed by atoms with Gasteiger partial charge in [0.05, 0.1) is 5.56 Å². The van der Waals surface area contributed by atoms with Crippen molar-refractivity contribution in [2.75, 3.05) is 0 Å². The monoisotopic (exact) mass is 437 g/mol. The molecule has 4 rings (SSSR count). The molecule has 156 valence electrons. The molecule has 1 aromatic heterocycles. The van der Waals surface area contributed by atoms with Gasteiger partial charge in [-0.25, -0.2) is 4.39 Å². The van der Waals surface area contributed by atoms with Gasteiger partial charge in [-0.2, -0.15) is 4.98 Å². The number of para-hydroxylation sites is 1. The van der Waals surface area contributed by atoms with E-state index in [9.17, 15) is 9.18 Å². The molecule has 6 nitrogen and oxygen atoms in total. The van der Waals surface area contributed by atoms with Gasteiger partial charge in [0.2, 0.25) is 5.82 Å². The molecule has 0 unspecified atom stereocenters. The van der Waals surface area contributed by atoms with Crippen molar-refractivity contribution in [1.29, 1.82) is 0 Å². The summed E-state index contributed by atoms with van der Waals surface area (Å²) < 4.78 is 24.2. The first-order valence-electron chi connectivity index (χ1n) is 9.42. The molecule has 1 heterocycles. The van der Waals surface area contributed by atoms with Crippen molar-refractivity contribution in [3.63, 3.8) is 0 Å². The van der Waals surface area contributed by atoms with Crippen LogP contribution in [0, 0.1) is 5.82 Å². The summed E-state index contributed by atoms with van der Waals surface area (Å²) in [5.74, 6) is 0.319. The third-order valence-corrected chi connectivity index (χ3v) is 4.79. The van der Waals surface area contributed by atoms with Gasteiger partial charge in [-0.15, -0.1) is 0 Å². The number of ether oxygens (including phenoxy) is 1. The standard InChI is InChI=1S/C23H17ClFN3O3/c24-19-12-17(25)11-10-16(19)13-26-23(29)18-8-4-5-9-20(18)30-14-21-27-22(28-31-21)15-6-2-1-3-7-15/h1-12H,13-14H2,(H,26,29). The van der Waals surface area contributed by atoms with Crippen LogP contribution >= 0.6 is 11.6 Å². The Morgan fingerprint density at radius 3 is 2.65 bits per heavy atom. The number of aromatic nitrogens is 2. The topological polar surface area (TPSA) is 77.2 Å². The van der Waals surface area contributed by atoms with Crippen molar-refractivity contribution in [2.24, 2.45) is 0 Å². The predicted octanol–water partition coefficient (Wildman–Crippen LogP) is 5.04. The Morgan fingerprint density at radius 1 is 1.06 bits per heavy atom. The van der Waals surface area contributed by atoms with Crippen molar-refractivity contribution in [1.82, 2.24) is 15.5 Å². The summed E-state index contributed by atoms with van der Waals surface area (Å²) in [5.41, 5.74) is 1.77. The Hall–Kier alpha value is -3.71. The minimum Gasteiger partial charge on any atom is -0.483 e. The molecule has 0 saturated heterocycles. The zero-order valence-electron chi connectivity index (χ0n) is 16.2. The first kappa shape index (κ1) is 20.6. The highest BCUT2D eigenvalue weighted by molar-refractivity contribution is 6.31. The average Bonchev–Trinajstić information content (AvgIpc) is 3.27. The number of nitrogens with zero attached hydrogens (tertiary/aromatic N) is 2. The molecule has 0 saturated carbocycles. The largest absolute Gasteiger partial charge is 0.483 e. The summed E-state index contributed by atoms with van der Waals surface area (Å²) in [6.45, 7) is 0.157. The number of carbonyl (C=O) groups excluding carboxylic acids is 1. The van der Waals surface area contributed by atoms with E-state index in [4.69, 9.17) is 20.9 Å². The van der Waals surface area contributed by atoms with Crippen molar-refractivity contribution in [3.05, 3.63) is 101 Å². The molecule has 0 bridgehead atoms. The Kier molecular flexibility index (Phi) is 6.24. The minimum absolute atomic E-state index is 0.00785. The number of amides is 1. The minimum atomic E-state index is -0.435. The van der Waals surface area contributed by atoms with Crippen LogP contribution in [0.15, 0.2) is 77.3 Å². The molecule has 0 aliphatic rings. The molecule has 8 heteroatoms. The molecule has 0 aliphatic heterocycles. The van der Waals surface area contributed by atoms with E-state index in [0.29, 0.717) is 22.7 Å². The second kappa shape index (κ2) is 9.40. The number of nitrogens with one attached hydrogen (secondary N) is 1. The maximum absolute atomic E-state index is 13.2. The highest BCUT2D eigenvalue weighted by Crippen LogP contribution is 2.21. The van der Waals surface area contributed by atoms with Gasteiger partial charge in [-0.3, -0.25) is 4.79 Å². The molecule has 1 amide bonds. The maximum Gasteiger partial charge on any atom is 0.264 e. The molecule has 0 radical (unpaired) electrons. The first-order chi connectivity index (χ1) is 15.1. The van der Waals surface area contributed by atoms with Crippen LogP contribution in [0.1, 0.15) is 21.8 Å². The smallest absolute Gasteiger partial charge is 0.264 e. The van der Waals surface area contributed by atoms with E-state index in [-0.39, 0.29) is 30.0 Å². The highest BCUT2D eigenvalue weighted by Gasteiger charge is 2.15. The summed E-state index contributed by atoms with van der Waals surface area (Å²) in [6.07, 6.45) is 0. The van der Waals surface area contributed by atoms with E-state index in [1.54, 1.807) is 24.3 Å². The molecule has 0 atom stereocenters. The van der Waals surface area contributed by atoms with E-state index in [1.165, 1.54) is 18.2 Å². The Bertz CT molecular complexity index is 1200. The molecule has 1 N–H and O–H groups in total. The SMILES string of the molecule is O=C(NCc1ccc(F)cc1Cl)c1ccccc1OCc1nc(-c2ccccc2)no1. The number of hydrogen-bond acceptors (Lipinski definition) is 5. The average molecular weight is 438 g/mol. The van der Waals surface area contributed by atoms with Crippen LogP contribution in [-0.2, 0) is 13.2 Å². The van der Waals surface area contributed by atoms with Crippen molar-refractivity contribution in [3.8, 4) is 17.1 Å². The number of hydrogen-bond donors (Lipinski definition) is 1. The molecule has 4 aromatic rings. The van der Waals surface area contributed by atoms with Crippen molar-refractivity contribution < 1.29 is 18.4 Å². The van der Waals surface area contributed by atoms with Crippen LogP contribution in [0.3, 0.4) is 0 Å². The van der Waals surface area contributed by atoms with Crippen molar-refractivity contribution in [2.45, 2.75) is 13.2 Å². The Balaban J connectivity index is 1.41. The van der Waals surface area contributed by atoms with Gasteiger partial charge < -0.3 is 14.6 Å². The fraction of sp³-hybridized carbons (Fsp3) is 0.0870. The lowest BCUT2D eigenvalue weighted by molar-refractivity contribution is 0.0945. The van der Waals surface area contributed by atoms with Gasteiger partial charge in [0.15, 0.2) is 6.61 Å². The number of rotatable bonds is 7. The molecule has 0 spiro atoms. The fourth-order valence-electron chi connectivity index (χ4n) is 2.87. The van der Waals surface area contributed by atoms with Crippen molar-refractivity contribution >= 4 is 17.5 Å². The van der Waals surface area contributed by atoms with E-state index in [2.05, 4.69) is 15.5 Å². The lowest BCUT2D eigenvalue weighted by atomic mass is 10.1. The summed E-state index contributed by atoms with van der Waals surface area (Å²) >= 11 is 6.01. The lowest BCUT2D eigenvalue weighted by Crippen LogP contribution is -2.23. The van der Waals surface area contributed by atoms with Gasteiger partial charge in [-0.1, -0.05) is 65.3 Å². The predicted molar refractivity (Wildman–Crippen MR) is 113 cm³/mol. The van der Waals surface area contributed by atoms with Gasteiger partial charge in [-0.05, 0) is 29.8 Å². The van der Waals surface area contributed by atoms with Crippen LogP contribution in [0.2, 0.25) is 5.02 Å². The summed E-state index contributed by atoms with van der Waals surface area (Å²) in [7, 11) is 0. The van der Waals surface area contributed by atoms with Gasteiger partial charge in [0.1, 0.15) is 11.6 Å². The van der Waals surface area contributed by atoms with Gasteiger partial charge in [0.25, 0.3) is 11.8 Å². The first-order valence-corrected chi connectivity index (χ1v) is 9.80. The van der Waals surface area contributed by atoms with E-state index in [0.717, 1.165) is 5.56 Å². The number of halogens is 2. The number of benzene rings is 3. The molecule has 31 heavy (non-hydrogen) atoms. The molecular weight excluding hydrogens is 421 g/mol. The zero-order chi connectivity index (χ0) is 21.6. The second-order valence-corrected chi connectivity index (χ2v) is 6.99. The van der Waals surface area contributed by atoms with Crippen LogP contribution in [0.25, 0.3) is 11.4 Å². The fourth-order valence-corrected chi connectivity index (χ4v) is 3.11. The highest BCUT2D eigenvalue weighted by atomic mass is 35.5. The third-order valence-electron chi connectivity index (χ3n) is 4.44.